The zero-order valence-electron chi connectivity index (χ0n) is 11.3. The summed E-state index contributed by atoms with van der Waals surface area (Å²) in [5, 5.41) is 3.21. The lowest BCUT2D eigenvalue weighted by atomic mass is 10.1. The lowest BCUT2D eigenvalue weighted by Gasteiger charge is -2.03. The molecular weight excluding hydrogens is 284 g/mol. The number of benzene rings is 2. The highest BCUT2D eigenvalue weighted by Crippen LogP contribution is 2.37. The number of thiazole rings is 1. The van der Waals surface area contributed by atoms with Crippen LogP contribution in [0.15, 0.2) is 51.6 Å². The van der Waals surface area contributed by atoms with Gasteiger partial charge in [0.05, 0.1) is 9.90 Å². The zero-order valence-corrected chi connectivity index (χ0v) is 12.9. The van der Waals surface area contributed by atoms with Crippen LogP contribution in [0.25, 0.3) is 10.8 Å². The van der Waals surface area contributed by atoms with Crippen LogP contribution in [0.3, 0.4) is 0 Å². The number of hydrogen-bond acceptors (Lipinski definition) is 4. The third-order valence-corrected chi connectivity index (χ3v) is 5.23. The molecule has 0 fully saturated rings. The van der Waals surface area contributed by atoms with Gasteiger partial charge in [-0.05, 0) is 29.3 Å². The highest BCUT2D eigenvalue weighted by Gasteiger charge is 2.10. The normalized spacial score (nSPS) is 11.1. The molecule has 0 aliphatic rings. The minimum Gasteiger partial charge on any atom is -0.375 e. The summed E-state index contributed by atoms with van der Waals surface area (Å²) < 4.78 is 1.22. The van der Waals surface area contributed by atoms with Crippen LogP contribution in [0.1, 0.15) is 19.0 Å². The van der Waals surface area contributed by atoms with E-state index in [0.29, 0.717) is 5.13 Å². The Balaban J connectivity index is 1.92. The molecule has 0 aliphatic heterocycles. The van der Waals surface area contributed by atoms with Gasteiger partial charge in [-0.25, -0.2) is 4.98 Å². The fourth-order valence-corrected chi connectivity index (χ4v) is 4.29. The van der Waals surface area contributed by atoms with E-state index in [1.807, 2.05) is 0 Å². The van der Waals surface area contributed by atoms with Crippen molar-refractivity contribution in [1.29, 1.82) is 0 Å². The Kier molecular flexibility index (Phi) is 3.94. The molecule has 0 atom stereocenters. The smallest absolute Gasteiger partial charge is 0.181 e. The van der Waals surface area contributed by atoms with E-state index >= 15 is 0 Å². The van der Waals surface area contributed by atoms with Gasteiger partial charge in [0.1, 0.15) is 0 Å². The first-order chi connectivity index (χ1) is 9.76. The second-order valence-electron chi connectivity index (χ2n) is 4.65. The summed E-state index contributed by atoms with van der Waals surface area (Å²) in [7, 11) is 0. The highest BCUT2D eigenvalue weighted by molar-refractivity contribution is 8.01. The molecule has 20 heavy (non-hydrogen) atoms. The Bertz CT molecular complexity index is 734. The van der Waals surface area contributed by atoms with Crippen LogP contribution >= 0.6 is 23.1 Å². The van der Waals surface area contributed by atoms with Crippen LogP contribution in [-0.2, 0) is 6.42 Å². The van der Waals surface area contributed by atoms with Gasteiger partial charge in [0.2, 0.25) is 0 Å². The van der Waals surface area contributed by atoms with Crippen molar-refractivity contribution in [3.63, 3.8) is 0 Å². The summed E-state index contributed by atoms with van der Waals surface area (Å²) >= 11 is 3.35. The molecule has 0 amide bonds. The maximum absolute atomic E-state index is 5.85. The molecule has 1 heterocycles. The summed E-state index contributed by atoms with van der Waals surface area (Å²) in [5.41, 5.74) is 6.98. The van der Waals surface area contributed by atoms with Gasteiger partial charge in [0.25, 0.3) is 0 Å². The van der Waals surface area contributed by atoms with E-state index in [-0.39, 0.29) is 0 Å². The Morgan fingerprint density at radius 2 is 1.95 bits per heavy atom. The summed E-state index contributed by atoms with van der Waals surface area (Å²) in [5.74, 6) is 0. The second-order valence-corrected chi connectivity index (χ2v) is 7.02. The topological polar surface area (TPSA) is 38.9 Å². The molecular formula is C16H16N2S2. The molecule has 1 aromatic heterocycles. The number of anilines is 1. The Labute approximate surface area is 127 Å². The van der Waals surface area contributed by atoms with Gasteiger partial charge < -0.3 is 5.73 Å². The van der Waals surface area contributed by atoms with Crippen molar-refractivity contribution >= 4 is 39.0 Å². The van der Waals surface area contributed by atoms with E-state index < -0.39 is 0 Å². The number of nitrogen functional groups attached to an aromatic ring is 1. The van der Waals surface area contributed by atoms with E-state index in [0.717, 1.165) is 18.5 Å². The van der Waals surface area contributed by atoms with E-state index in [9.17, 15) is 0 Å². The van der Waals surface area contributed by atoms with Crippen LogP contribution in [-0.4, -0.2) is 4.98 Å². The molecule has 102 valence electrons. The fourth-order valence-electron chi connectivity index (χ4n) is 2.17. The number of fused-ring (bicyclic) bond motifs is 1. The van der Waals surface area contributed by atoms with Crippen molar-refractivity contribution in [3.05, 3.63) is 48.2 Å². The molecule has 0 saturated carbocycles. The number of nitrogens with zero attached hydrogens (tertiary/aromatic N) is 1. The molecule has 3 aromatic rings. The van der Waals surface area contributed by atoms with Crippen molar-refractivity contribution in [2.45, 2.75) is 28.9 Å². The molecule has 2 N–H and O–H groups in total. The van der Waals surface area contributed by atoms with Crippen molar-refractivity contribution in [3.8, 4) is 0 Å². The average Bonchev–Trinajstić information content (AvgIpc) is 2.79. The maximum atomic E-state index is 5.85. The SMILES string of the molecule is CCCc1nc(N)sc1Sc1ccc2ccccc2c1. The van der Waals surface area contributed by atoms with Gasteiger partial charge in [-0.2, -0.15) is 0 Å². The van der Waals surface area contributed by atoms with Crippen molar-refractivity contribution in [2.24, 2.45) is 0 Å². The minimum atomic E-state index is 0.664. The number of aryl methyl sites for hydroxylation is 1. The van der Waals surface area contributed by atoms with E-state index in [4.69, 9.17) is 5.73 Å². The summed E-state index contributed by atoms with van der Waals surface area (Å²) in [6, 6.07) is 15.0. The van der Waals surface area contributed by atoms with Gasteiger partial charge >= 0.3 is 0 Å². The highest BCUT2D eigenvalue weighted by atomic mass is 32.2. The first kappa shape index (κ1) is 13.5. The Hall–Kier alpha value is -1.52. The molecule has 2 aromatic carbocycles. The molecule has 0 unspecified atom stereocenters. The lowest BCUT2D eigenvalue weighted by molar-refractivity contribution is 0.876. The molecule has 0 bridgehead atoms. The van der Waals surface area contributed by atoms with Gasteiger partial charge in [0.15, 0.2) is 5.13 Å². The third kappa shape index (κ3) is 2.81. The maximum Gasteiger partial charge on any atom is 0.181 e. The molecule has 2 nitrogen and oxygen atoms in total. The predicted octanol–water partition coefficient (Wildman–Crippen LogP) is 4.98. The van der Waals surface area contributed by atoms with E-state index in [1.165, 1.54) is 19.9 Å². The molecule has 4 heteroatoms. The zero-order chi connectivity index (χ0) is 13.9. The quantitative estimate of drug-likeness (QED) is 0.738. The first-order valence-corrected chi connectivity index (χ1v) is 8.31. The van der Waals surface area contributed by atoms with E-state index in [1.54, 1.807) is 23.1 Å². The number of nitrogens with two attached hydrogens (primary N) is 1. The number of hydrogen-bond donors (Lipinski definition) is 1. The standard InChI is InChI=1S/C16H16N2S2/c1-2-5-14-15(20-16(17)18-14)19-13-9-8-11-6-3-4-7-12(11)10-13/h3-4,6-10H,2,5H2,1H3,(H2,17,18). The van der Waals surface area contributed by atoms with Gasteiger partial charge in [0, 0.05) is 4.90 Å². The monoisotopic (exact) mass is 300 g/mol. The second kappa shape index (κ2) is 5.85. The molecule has 0 radical (unpaired) electrons. The van der Waals surface area contributed by atoms with Gasteiger partial charge in [-0.15, -0.1) is 0 Å². The number of rotatable bonds is 4. The average molecular weight is 300 g/mol. The molecule has 0 spiro atoms. The van der Waals surface area contributed by atoms with Crippen molar-refractivity contribution < 1.29 is 0 Å². The summed E-state index contributed by atoms with van der Waals surface area (Å²) in [4.78, 5) is 5.67. The first-order valence-electron chi connectivity index (χ1n) is 6.68. The molecule has 3 rings (SSSR count). The molecule has 0 saturated heterocycles. The summed E-state index contributed by atoms with van der Waals surface area (Å²) in [6.45, 7) is 2.17. The Morgan fingerprint density at radius 3 is 2.75 bits per heavy atom. The fraction of sp³-hybridized carbons (Fsp3) is 0.188. The summed E-state index contributed by atoms with van der Waals surface area (Å²) in [6.07, 6.45) is 2.08. The van der Waals surface area contributed by atoms with Crippen LogP contribution in [0.4, 0.5) is 5.13 Å². The van der Waals surface area contributed by atoms with Crippen LogP contribution in [0.5, 0.6) is 0 Å². The minimum absolute atomic E-state index is 0.664. The van der Waals surface area contributed by atoms with Crippen molar-refractivity contribution in [1.82, 2.24) is 4.98 Å². The molecule has 0 aliphatic carbocycles. The van der Waals surface area contributed by atoms with Crippen LogP contribution in [0.2, 0.25) is 0 Å². The lowest BCUT2D eigenvalue weighted by Crippen LogP contribution is -1.87. The largest absolute Gasteiger partial charge is 0.375 e. The van der Waals surface area contributed by atoms with Gasteiger partial charge in [-0.1, -0.05) is 66.8 Å². The van der Waals surface area contributed by atoms with E-state index in [2.05, 4.69) is 54.4 Å². The van der Waals surface area contributed by atoms with Gasteiger partial charge in [-0.3, -0.25) is 0 Å². The predicted molar refractivity (Wildman–Crippen MR) is 88.6 cm³/mol. The van der Waals surface area contributed by atoms with Crippen molar-refractivity contribution in [2.75, 3.05) is 5.73 Å². The van der Waals surface area contributed by atoms with Crippen LogP contribution < -0.4 is 5.73 Å². The third-order valence-electron chi connectivity index (χ3n) is 3.10. The van der Waals surface area contributed by atoms with Crippen LogP contribution in [0, 0.1) is 0 Å². The Morgan fingerprint density at radius 1 is 1.15 bits per heavy atom. The number of aromatic nitrogens is 1.